The Morgan fingerprint density at radius 1 is 0.929 bits per heavy atom. The molecule has 1 aromatic heterocycles. The van der Waals surface area contributed by atoms with Gasteiger partial charge in [-0.15, -0.1) is 0 Å². The number of nitrogens with zero attached hydrogens (tertiary/aromatic N) is 1. The van der Waals surface area contributed by atoms with Gasteiger partial charge in [-0.1, -0.05) is 29.5 Å². The van der Waals surface area contributed by atoms with E-state index < -0.39 is 11.8 Å². The second kappa shape index (κ2) is 8.31. The second-order valence-electron chi connectivity index (χ2n) is 5.76. The molecule has 0 unspecified atom stereocenters. The lowest BCUT2D eigenvalue weighted by Gasteiger charge is -2.05. The molecule has 9 heteroatoms. The van der Waals surface area contributed by atoms with Crippen LogP contribution in [0.15, 0.2) is 54.6 Å². The summed E-state index contributed by atoms with van der Waals surface area (Å²) in [5, 5.41) is 9.03. The summed E-state index contributed by atoms with van der Waals surface area (Å²) in [6.07, 6.45) is 0. The van der Waals surface area contributed by atoms with Crippen LogP contribution in [0.4, 0.5) is 21.5 Å². The molecule has 0 aliphatic carbocycles. The van der Waals surface area contributed by atoms with Crippen LogP contribution in [-0.2, 0) is 4.79 Å². The third-order valence-electron chi connectivity index (χ3n) is 3.58. The molecule has 5 N–H and O–H groups in total. The molecule has 2 aromatic carbocycles. The van der Waals surface area contributed by atoms with Crippen molar-refractivity contribution in [3.63, 3.8) is 0 Å². The third kappa shape index (κ3) is 4.71. The highest BCUT2D eigenvalue weighted by atomic mass is 32.1. The molecule has 142 valence electrons. The van der Waals surface area contributed by atoms with Crippen LogP contribution in [0.3, 0.4) is 0 Å². The van der Waals surface area contributed by atoms with E-state index in [1.54, 1.807) is 24.3 Å². The van der Waals surface area contributed by atoms with Gasteiger partial charge in [0.2, 0.25) is 5.91 Å². The molecule has 0 fully saturated rings. The number of nitrogens with two attached hydrogens (primary N) is 1. The zero-order valence-corrected chi connectivity index (χ0v) is 15.7. The number of anilines is 4. The van der Waals surface area contributed by atoms with Crippen LogP contribution in [-0.4, -0.2) is 22.7 Å². The van der Waals surface area contributed by atoms with Gasteiger partial charge < -0.3 is 21.7 Å². The molecule has 0 bridgehead atoms. The van der Waals surface area contributed by atoms with Crippen molar-refractivity contribution in [2.45, 2.75) is 6.92 Å². The highest BCUT2D eigenvalue weighted by Gasteiger charge is 2.19. The van der Waals surface area contributed by atoms with E-state index in [0.717, 1.165) is 17.0 Å². The Morgan fingerprint density at radius 3 is 2.21 bits per heavy atom. The standard InChI is InChI=1S/C19H17N5O3S/c1-11(25)21-14-9-7-12(8-10-14)17(27)24-18-15(16(20)26)23-19(28-18)22-13-5-3-2-4-6-13/h2-10H,1H3,(H2,20,26)(H,21,25)(H,22,23)(H,24,27). The zero-order valence-electron chi connectivity index (χ0n) is 14.9. The molecule has 0 aliphatic rings. The van der Waals surface area contributed by atoms with Gasteiger partial charge >= 0.3 is 0 Å². The van der Waals surface area contributed by atoms with Crippen LogP contribution in [0, 0.1) is 0 Å². The number of carbonyl (C=O) groups is 3. The number of nitrogens with one attached hydrogen (secondary N) is 3. The summed E-state index contributed by atoms with van der Waals surface area (Å²) < 4.78 is 0. The Balaban J connectivity index is 1.77. The van der Waals surface area contributed by atoms with Gasteiger partial charge in [0.15, 0.2) is 10.8 Å². The van der Waals surface area contributed by atoms with Crippen LogP contribution < -0.4 is 21.7 Å². The number of carbonyl (C=O) groups excluding carboxylic acids is 3. The molecule has 0 saturated carbocycles. The number of hydrogen-bond acceptors (Lipinski definition) is 6. The molecule has 28 heavy (non-hydrogen) atoms. The van der Waals surface area contributed by atoms with Gasteiger partial charge in [-0.25, -0.2) is 4.98 Å². The van der Waals surface area contributed by atoms with Crippen molar-refractivity contribution in [2.75, 3.05) is 16.0 Å². The summed E-state index contributed by atoms with van der Waals surface area (Å²) in [7, 11) is 0. The first kappa shape index (κ1) is 19.1. The van der Waals surface area contributed by atoms with Crippen molar-refractivity contribution >= 4 is 50.6 Å². The Hall–Kier alpha value is -3.72. The maximum absolute atomic E-state index is 12.5. The lowest BCUT2D eigenvalue weighted by molar-refractivity contribution is -0.114. The summed E-state index contributed by atoms with van der Waals surface area (Å²) >= 11 is 1.11. The van der Waals surface area contributed by atoms with Crippen LogP contribution >= 0.6 is 11.3 Å². The first-order valence-corrected chi connectivity index (χ1v) is 9.06. The van der Waals surface area contributed by atoms with Crippen molar-refractivity contribution in [1.82, 2.24) is 4.98 Å². The highest BCUT2D eigenvalue weighted by molar-refractivity contribution is 7.20. The molecule has 3 aromatic rings. The molecule has 8 nitrogen and oxygen atoms in total. The average Bonchev–Trinajstić information content (AvgIpc) is 3.05. The molecule has 3 amide bonds. The Labute approximate surface area is 164 Å². The molecule has 0 spiro atoms. The van der Waals surface area contributed by atoms with Gasteiger partial charge in [-0.2, -0.15) is 0 Å². The molecule has 0 aliphatic heterocycles. The summed E-state index contributed by atoms with van der Waals surface area (Å²) in [4.78, 5) is 39.4. The number of benzene rings is 2. The van der Waals surface area contributed by atoms with E-state index in [-0.39, 0.29) is 16.6 Å². The minimum Gasteiger partial charge on any atom is -0.364 e. The number of primary amides is 1. The van der Waals surface area contributed by atoms with Crippen LogP contribution in [0.2, 0.25) is 0 Å². The Bertz CT molecular complexity index is 1020. The zero-order chi connectivity index (χ0) is 20.1. The molecule has 0 radical (unpaired) electrons. The van der Waals surface area contributed by atoms with Gasteiger partial charge in [0.1, 0.15) is 5.00 Å². The van der Waals surface area contributed by atoms with E-state index in [0.29, 0.717) is 16.4 Å². The first-order valence-electron chi connectivity index (χ1n) is 8.24. The number of para-hydroxylation sites is 1. The van der Waals surface area contributed by atoms with Crippen molar-refractivity contribution in [1.29, 1.82) is 0 Å². The first-order chi connectivity index (χ1) is 13.4. The van der Waals surface area contributed by atoms with Crippen LogP contribution in [0.1, 0.15) is 27.8 Å². The summed E-state index contributed by atoms with van der Waals surface area (Å²) in [5.41, 5.74) is 7.09. The van der Waals surface area contributed by atoms with E-state index in [1.165, 1.54) is 6.92 Å². The Morgan fingerprint density at radius 2 is 1.61 bits per heavy atom. The van der Waals surface area contributed by atoms with E-state index in [2.05, 4.69) is 20.9 Å². The largest absolute Gasteiger partial charge is 0.364 e. The quantitative estimate of drug-likeness (QED) is 0.510. The fraction of sp³-hybridized carbons (Fsp3) is 0.0526. The van der Waals surface area contributed by atoms with E-state index >= 15 is 0 Å². The fourth-order valence-electron chi connectivity index (χ4n) is 2.35. The lowest BCUT2D eigenvalue weighted by atomic mass is 10.2. The van der Waals surface area contributed by atoms with E-state index in [9.17, 15) is 14.4 Å². The van der Waals surface area contributed by atoms with E-state index in [4.69, 9.17) is 5.73 Å². The van der Waals surface area contributed by atoms with Crippen LogP contribution in [0.5, 0.6) is 0 Å². The fourth-order valence-corrected chi connectivity index (χ4v) is 3.24. The normalized spacial score (nSPS) is 10.2. The molecular formula is C19H17N5O3S. The van der Waals surface area contributed by atoms with Crippen molar-refractivity contribution < 1.29 is 14.4 Å². The number of aromatic nitrogens is 1. The van der Waals surface area contributed by atoms with Gasteiger partial charge in [0.25, 0.3) is 11.8 Å². The summed E-state index contributed by atoms with van der Waals surface area (Å²) in [6.45, 7) is 1.40. The van der Waals surface area contributed by atoms with E-state index in [1.807, 2.05) is 30.3 Å². The van der Waals surface area contributed by atoms with Crippen LogP contribution in [0.25, 0.3) is 0 Å². The second-order valence-corrected chi connectivity index (χ2v) is 6.76. The third-order valence-corrected chi connectivity index (χ3v) is 4.47. The minimum atomic E-state index is -0.742. The van der Waals surface area contributed by atoms with Gasteiger partial charge in [0.05, 0.1) is 0 Å². The predicted molar refractivity (Wildman–Crippen MR) is 109 cm³/mol. The Kier molecular flexibility index (Phi) is 5.66. The number of amides is 3. The molecule has 0 atom stereocenters. The SMILES string of the molecule is CC(=O)Nc1ccc(C(=O)Nc2sc(Nc3ccccc3)nc2C(N)=O)cc1. The predicted octanol–water partition coefficient (Wildman–Crippen LogP) is 3.20. The van der Waals surface area contributed by atoms with Gasteiger partial charge in [-0.05, 0) is 36.4 Å². The van der Waals surface area contributed by atoms with Crippen molar-refractivity contribution in [3.05, 3.63) is 65.9 Å². The topological polar surface area (TPSA) is 126 Å². The number of rotatable bonds is 6. The highest BCUT2D eigenvalue weighted by Crippen LogP contribution is 2.31. The number of hydrogen-bond donors (Lipinski definition) is 4. The van der Waals surface area contributed by atoms with Gasteiger partial charge in [0, 0.05) is 23.9 Å². The minimum absolute atomic E-state index is 0.0216. The number of thiazole rings is 1. The van der Waals surface area contributed by atoms with Crippen molar-refractivity contribution in [3.8, 4) is 0 Å². The molecule has 0 saturated heterocycles. The summed E-state index contributed by atoms with van der Waals surface area (Å²) in [6, 6.07) is 15.6. The maximum atomic E-state index is 12.5. The average molecular weight is 395 g/mol. The lowest BCUT2D eigenvalue weighted by Crippen LogP contribution is -2.17. The van der Waals surface area contributed by atoms with Gasteiger partial charge in [-0.3, -0.25) is 14.4 Å². The molecule has 3 rings (SSSR count). The van der Waals surface area contributed by atoms with Crippen molar-refractivity contribution in [2.24, 2.45) is 5.73 Å². The maximum Gasteiger partial charge on any atom is 0.270 e. The monoisotopic (exact) mass is 395 g/mol. The molecular weight excluding hydrogens is 378 g/mol. The summed E-state index contributed by atoms with van der Waals surface area (Å²) in [5.74, 6) is -1.37. The smallest absolute Gasteiger partial charge is 0.270 e. The molecule has 1 heterocycles.